The van der Waals surface area contributed by atoms with Crippen LogP contribution in [0.25, 0.3) is 10.9 Å². The van der Waals surface area contributed by atoms with E-state index in [1.54, 1.807) is 34.9 Å². The zero-order valence-corrected chi connectivity index (χ0v) is 17.9. The lowest BCUT2D eigenvalue weighted by molar-refractivity contribution is -0.116. The second-order valence-electron chi connectivity index (χ2n) is 7.44. The Morgan fingerprint density at radius 1 is 1.00 bits per heavy atom. The van der Waals surface area contributed by atoms with Gasteiger partial charge < -0.3 is 5.32 Å². The normalized spacial score (nSPS) is 10.9. The van der Waals surface area contributed by atoms with E-state index in [1.807, 2.05) is 49.4 Å². The number of anilines is 1. The maximum atomic E-state index is 13.2. The molecule has 0 unspecified atom stereocenters. The number of carbonyl (C=O) groups is 1. The molecule has 0 bridgehead atoms. The molecule has 0 saturated heterocycles. The molecule has 1 N–H and O–H groups in total. The average Bonchev–Trinajstić information content (AvgIpc) is 2.78. The highest BCUT2D eigenvalue weighted by molar-refractivity contribution is 6.30. The number of amides is 1. The van der Waals surface area contributed by atoms with Gasteiger partial charge in [-0.15, -0.1) is 0 Å². The van der Waals surface area contributed by atoms with Gasteiger partial charge in [-0.1, -0.05) is 54.1 Å². The van der Waals surface area contributed by atoms with Crippen molar-refractivity contribution in [2.75, 3.05) is 5.32 Å². The van der Waals surface area contributed by atoms with Crippen molar-refractivity contribution in [2.24, 2.45) is 0 Å². The summed E-state index contributed by atoms with van der Waals surface area (Å²) in [7, 11) is 0. The van der Waals surface area contributed by atoms with Crippen LogP contribution in [-0.4, -0.2) is 15.5 Å². The Morgan fingerprint density at radius 3 is 2.48 bits per heavy atom. The first-order valence-electron chi connectivity index (χ1n) is 10.1. The number of benzene rings is 3. The van der Waals surface area contributed by atoms with Crippen molar-refractivity contribution in [3.8, 4) is 0 Å². The molecular weight excluding hydrogens is 410 g/mol. The lowest BCUT2D eigenvalue weighted by Crippen LogP contribution is -2.24. The van der Waals surface area contributed by atoms with Gasteiger partial charge in [-0.25, -0.2) is 4.98 Å². The molecule has 1 aromatic heterocycles. The minimum atomic E-state index is -0.141. The van der Waals surface area contributed by atoms with Crippen molar-refractivity contribution in [1.82, 2.24) is 9.55 Å². The SMILES string of the molecule is Cc1nc2ccc(NC(=O)CCc3ccccc3)cc2c(=O)n1Cc1ccc(Cl)cc1. The number of hydrogen-bond donors (Lipinski definition) is 1. The van der Waals surface area contributed by atoms with Crippen LogP contribution in [0.4, 0.5) is 5.69 Å². The molecule has 4 aromatic rings. The number of nitrogens with one attached hydrogen (secondary N) is 1. The van der Waals surface area contributed by atoms with Gasteiger partial charge >= 0.3 is 0 Å². The molecule has 31 heavy (non-hydrogen) atoms. The molecule has 1 amide bonds. The highest BCUT2D eigenvalue weighted by Crippen LogP contribution is 2.17. The Bertz CT molecular complexity index is 1280. The van der Waals surface area contributed by atoms with Gasteiger partial charge in [0.25, 0.3) is 5.56 Å². The third kappa shape index (κ3) is 5.01. The number of rotatable bonds is 6. The summed E-state index contributed by atoms with van der Waals surface area (Å²) >= 11 is 5.96. The number of fused-ring (bicyclic) bond motifs is 1. The van der Waals surface area contributed by atoms with Crippen LogP contribution in [0.3, 0.4) is 0 Å². The summed E-state index contributed by atoms with van der Waals surface area (Å²) < 4.78 is 1.63. The van der Waals surface area contributed by atoms with Crippen LogP contribution in [0.5, 0.6) is 0 Å². The van der Waals surface area contributed by atoms with Crippen LogP contribution < -0.4 is 10.9 Å². The fraction of sp³-hybridized carbons (Fsp3) is 0.160. The number of aromatic nitrogens is 2. The van der Waals surface area contributed by atoms with Crippen LogP contribution in [0.15, 0.2) is 77.6 Å². The fourth-order valence-electron chi connectivity index (χ4n) is 3.49. The monoisotopic (exact) mass is 431 g/mol. The van der Waals surface area contributed by atoms with E-state index in [4.69, 9.17) is 11.6 Å². The average molecular weight is 432 g/mol. The van der Waals surface area contributed by atoms with Gasteiger partial charge in [-0.3, -0.25) is 14.2 Å². The number of halogens is 1. The topological polar surface area (TPSA) is 64.0 Å². The quantitative estimate of drug-likeness (QED) is 0.468. The summed E-state index contributed by atoms with van der Waals surface area (Å²) in [5.74, 6) is 0.539. The van der Waals surface area contributed by atoms with Gasteiger partial charge in [-0.2, -0.15) is 0 Å². The molecule has 0 atom stereocenters. The van der Waals surface area contributed by atoms with E-state index in [9.17, 15) is 9.59 Å². The molecule has 0 spiro atoms. The molecule has 0 radical (unpaired) electrons. The second-order valence-corrected chi connectivity index (χ2v) is 7.88. The molecule has 0 aliphatic carbocycles. The van der Waals surface area contributed by atoms with Gasteiger partial charge in [0.15, 0.2) is 0 Å². The highest BCUT2D eigenvalue weighted by Gasteiger charge is 2.11. The van der Waals surface area contributed by atoms with Gasteiger partial charge in [0.05, 0.1) is 17.4 Å². The molecule has 1 heterocycles. The molecular formula is C25H22ClN3O2. The zero-order chi connectivity index (χ0) is 21.8. The molecule has 0 aliphatic heterocycles. The number of nitrogens with zero attached hydrogens (tertiary/aromatic N) is 2. The van der Waals surface area contributed by atoms with Crippen LogP contribution in [-0.2, 0) is 17.8 Å². The van der Waals surface area contributed by atoms with Gasteiger partial charge in [0, 0.05) is 17.1 Å². The van der Waals surface area contributed by atoms with E-state index in [0.717, 1.165) is 11.1 Å². The minimum Gasteiger partial charge on any atom is -0.326 e. The maximum absolute atomic E-state index is 13.2. The van der Waals surface area contributed by atoms with Gasteiger partial charge in [0.1, 0.15) is 5.82 Å². The Labute approximate surface area is 185 Å². The molecule has 6 heteroatoms. The first-order valence-corrected chi connectivity index (χ1v) is 10.5. The smallest absolute Gasteiger partial charge is 0.261 e. The van der Waals surface area contributed by atoms with Crippen molar-refractivity contribution >= 4 is 34.1 Å². The predicted molar refractivity (Wildman–Crippen MR) is 125 cm³/mol. The van der Waals surface area contributed by atoms with Crippen LogP contribution in [0.2, 0.25) is 5.02 Å². The second kappa shape index (κ2) is 9.14. The van der Waals surface area contributed by atoms with E-state index in [0.29, 0.717) is 46.8 Å². The fourth-order valence-corrected chi connectivity index (χ4v) is 3.62. The van der Waals surface area contributed by atoms with Crippen LogP contribution in [0, 0.1) is 6.92 Å². The Morgan fingerprint density at radius 2 is 1.74 bits per heavy atom. The van der Waals surface area contributed by atoms with Crippen molar-refractivity contribution in [1.29, 1.82) is 0 Å². The van der Waals surface area contributed by atoms with Gasteiger partial charge in [-0.05, 0) is 54.8 Å². The first-order chi connectivity index (χ1) is 15.0. The minimum absolute atomic E-state index is 0.0928. The van der Waals surface area contributed by atoms with E-state index >= 15 is 0 Å². The third-order valence-electron chi connectivity index (χ3n) is 5.17. The summed E-state index contributed by atoms with van der Waals surface area (Å²) in [5, 5.41) is 4.01. The third-order valence-corrected chi connectivity index (χ3v) is 5.42. The highest BCUT2D eigenvalue weighted by atomic mass is 35.5. The maximum Gasteiger partial charge on any atom is 0.261 e. The van der Waals surface area contributed by atoms with Crippen molar-refractivity contribution in [2.45, 2.75) is 26.3 Å². The number of hydrogen-bond acceptors (Lipinski definition) is 3. The van der Waals surface area contributed by atoms with E-state index < -0.39 is 0 Å². The summed E-state index contributed by atoms with van der Waals surface area (Å²) in [6.07, 6.45) is 1.03. The van der Waals surface area contributed by atoms with Crippen molar-refractivity contribution in [3.05, 3.63) is 105 Å². The van der Waals surface area contributed by atoms with E-state index in [2.05, 4.69) is 10.3 Å². The summed E-state index contributed by atoms with van der Waals surface area (Å²) in [5.41, 5.74) is 3.13. The molecule has 0 fully saturated rings. The molecule has 3 aromatic carbocycles. The lowest BCUT2D eigenvalue weighted by atomic mass is 10.1. The zero-order valence-electron chi connectivity index (χ0n) is 17.1. The number of aryl methyl sites for hydroxylation is 2. The lowest BCUT2D eigenvalue weighted by Gasteiger charge is -2.12. The van der Waals surface area contributed by atoms with Crippen molar-refractivity contribution < 1.29 is 4.79 Å². The largest absolute Gasteiger partial charge is 0.326 e. The number of carbonyl (C=O) groups excluding carboxylic acids is 1. The Kier molecular flexibility index (Phi) is 6.14. The molecule has 4 rings (SSSR count). The first kappa shape index (κ1) is 20.8. The Balaban J connectivity index is 1.55. The molecule has 156 valence electrons. The van der Waals surface area contributed by atoms with E-state index in [-0.39, 0.29) is 11.5 Å². The summed E-state index contributed by atoms with van der Waals surface area (Å²) in [6, 6.07) is 22.5. The van der Waals surface area contributed by atoms with Crippen LogP contribution >= 0.6 is 11.6 Å². The summed E-state index contributed by atoms with van der Waals surface area (Å²) in [6.45, 7) is 2.22. The van der Waals surface area contributed by atoms with Gasteiger partial charge in [0.2, 0.25) is 5.91 Å². The predicted octanol–water partition coefficient (Wildman–Crippen LogP) is 4.98. The van der Waals surface area contributed by atoms with Crippen molar-refractivity contribution in [3.63, 3.8) is 0 Å². The molecule has 5 nitrogen and oxygen atoms in total. The molecule has 0 aliphatic rings. The molecule has 0 saturated carbocycles. The Hall–Kier alpha value is -3.44. The van der Waals surface area contributed by atoms with Crippen LogP contribution in [0.1, 0.15) is 23.4 Å². The standard InChI is InChI=1S/C25H22ClN3O2/c1-17-27-23-13-12-21(28-24(30)14-9-18-5-3-2-4-6-18)15-22(23)25(31)29(17)16-19-7-10-20(26)11-8-19/h2-8,10-13,15H,9,14,16H2,1H3,(H,28,30). The summed E-state index contributed by atoms with van der Waals surface area (Å²) in [4.78, 5) is 30.1. The van der Waals surface area contributed by atoms with E-state index in [1.165, 1.54) is 0 Å².